The highest BCUT2D eigenvalue weighted by molar-refractivity contribution is 9.10. The van der Waals surface area contributed by atoms with Crippen LogP contribution in [0.2, 0.25) is 0 Å². The highest BCUT2D eigenvalue weighted by Gasteiger charge is 2.17. The number of carbonyl (C=O) groups is 1. The Labute approximate surface area is 113 Å². The standard InChI is InChI=1S/C11H14BrNO3S/c1-15-11(14)9-6-8(12)10(17-9)7-13-2-4-16-5-3-13/h6H,2-5,7H2,1H3. The van der Waals surface area contributed by atoms with E-state index >= 15 is 0 Å². The van der Waals surface area contributed by atoms with Gasteiger partial charge in [0.2, 0.25) is 0 Å². The summed E-state index contributed by atoms with van der Waals surface area (Å²) < 4.78 is 11.0. The average Bonchev–Trinajstić information content (AvgIpc) is 2.71. The van der Waals surface area contributed by atoms with Crippen molar-refractivity contribution in [1.29, 1.82) is 0 Å². The largest absolute Gasteiger partial charge is 0.465 e. The third kappa shape index (κ3) is 3.28. The minimum Gasteiger partial charge on any atom is -0.465 e. The van der Waals surface area contributed by atoms with E-state index in [1.54, 1.807) is 0 Å². The van der Waals surface area contributed by atoms with Crippen LogP contribution in [0.15, 0.2) is 10.5 Å². The van der Waals surface area contributed by atoms with Crippen LogP contribution >= 0.6 is 27.3 Å². The molecule has 0 atom stereocenters. The van der Waals surface area contributed by atoms with Crippen molar-refractivity contribution in [3.05, 3.63) is 20.3 Å². The lowest BCUT2D eigenvalue weighted by atomic mass is 10.3. The maximum atomic E-state index is 11.4. The number of ether oxygens (including phenoxy) is 2. The van der Waals surface area contributed by atoms with Crippen molar-refractivity contribution in [2.45, 2.75) is 6.54 Å². The lowest BCUT2D eigenvalue weighted by Crippen LogP contribution is -2.35. The number of thiophene rings is 1. The fourth-order valence-electron chi connectivity index (χ4n) is 1.68. The Kier molecular flexibility index (Phi) is 4.55. The molecule has 0 aliphatic carbocycles. The normalized spacial score (nSPS) is 17.1. The topological polar surface area (TPSA) is 38.8 Å². The summed E-state index contributed by atoms with van der Waals surface area (Å²) >= 11 is 4.97. The molecule has 0 amide bonds. The summed E-state index contributed by atoms with van der Waals surface area (Å²) in [5.74, 6) is -0.274. The van der Waals surface area contributed by atoms with Gasteiger partial charge in [-0.1, -0.05) is 0 Å². The number of methoxy groups -OCH3 is 1. The van der Waals surface area contributed by atoms with E-state index in [1.807, 2.05) is 6.07 Å². The van der Waals surface area contributed by atoms with Gasteiger partial charge in [0.1, 0.15) is 4.88 Å². The Morgan fingerprint density at radius 3 is 2.94 bits per heavy atom. The fraction of sp³-hybridized carbons (Fsp3) is 0.545. The third-order valence-electron chi connectivity index (χ3n) is 2.61. The van der Waals surface area contributed by atoms with Gasteiger partial charge in [-0.05, 0) is 22.0 Å². The first kappa shape index (κ1) is 13.0. The lowest BCUT2D eigenvalue weighted by molar-refractivity contribution is 0.0345. The first-order valence-corrected chi connectivity index (χ1v) is 6.98. The van der Waals surface area contributed by atoms with Gasteiger partial charge in [-0.15, -0.1) is 11.3 Å². The van der Waals surface area contributed by atoms with Crippen molar-refractivity contribution >= 4 is 33.2 Å². The van der Waals surface area contributed by atoms with Crippen molar-refractivity contribution in [2.75, 3.05) is 33.4 Å². The molecular weight excluding hydrogens is 306 g/mol. The van der Waals surface area contributed by atoms with Crippen molar-refractivity contribution in [3.8, 4) is 0 Å². The zero-order chi connectivity index (χ0) is 12.3. The van der Waals surface area contributed by atoms with Crippen LogP contribution in [-0.4, -0.2) is 44.3 Å². The fourth-order valence-corrected chi connectivity index (χ4v) is 3.44. The minimum absolute atomic E-state index is 0.274. The van der Waals surface area contributed by atoms with Crippen LogP contribution in [0.4, 0.5) is 0 Å². The van der Waals surface area contributed by atoms with Gasteiger partial charge < -0.3 is 9.47 Å². The van der Waals surface area contributed by atoms with Gasteiger partial charge in [0.15, 0.2) is 0 Å². The molecule has 1 aromatic rings. The van der Waals surface area contributed by atoms with E-state index in [4.69, 9.17) is 9.47 Å². The number of morpholine rings is 1. The predicted molar refractivity (Wildman–Crippen MR) is 69.5 cm³/mol. The van der Waals surface area contributed by atoms with Gasteiger partial charge in [0.05, 0.1) is 20.3 Å². The van der Waals surface area contributed by atoms with Crippen LogP contribution in [0.25, 0.3) is 0 Å². The van der Waals surface area contributed by atoms with E-state index in [0.717, 1.165) is 42.2 Å². The summed E-state index contributed by atoms with van der Waals surface area (Å²) in [6, 6.07) is 1.83. The molecule has 2 heterocycles. The van der Waals surface area contributed by atoms with E-state index in [2.05, 4.69) is 20.8 Å². The van der Waals surface area contributed by atoms with E-state index in [9.17, 15) is 4.79 Å². The van der Waals surface area contributed by atoms with Gasteiger partial charge in [-0.3, -0.25) is 4.90 Å². The second kappa shape index (κ2) is 5.95. The number of esters is 1. The second-order valence-electron chi connectivity index (χ2n) is 3.76. The van der Waals surface area contributed by atoms with Crippen molar-refractivity contribution in [3.63, 3.8) is 0 Å². The quantitative estimate of drug-likeness (QED) is 0.800. The van der Waals surface area contributed by atoms with E-state index in [-0.39, 0.29) is 5.97 Å². The molecule has 1 aliphatic heterocycles. The monoisotopic (exact) mass is 319 g/mol. The minimum atomic E-state index is -0.274. The predicted octanol–water partition coefficient (Wildman–Crippen LogP) is 2.13. The summed E-state index contributed by atoms with van der Waals surface area (Å²) in [5.41, 5.74) is 0. The number of hydrogen-bond acceptors (Lipinski definition) is 5. The summed E-state index contributed by atoms with van der Waals surface area (Å²) in [6.45, 7) is 4.31. The van der Waals surface area contributed by atoms with Crippen LogP contribution in [-0.2, 0) is 16.0 Å². The van der Waals surface area contributed by atoms with Gasteiger partial charge in [0, 0.05) is 29.0 Å². The first-order valence-electron chi connectivity index (χ1n) is 5.37. The van der Waals surface area contributed by atoms with Crippen LogP contribution in [0.3, 0.4) is 0 Å². The average molecular weight is 320 g/mol. The molecule has 0 unspecified atom stereocenters. The second-order valence-corrected chi connectivity index (χ2v) is 5.75. The molecule has 94 valence electrons. The highest BCUT2D eigenvalue weighted by Crippen LogP contribution is 2.29. The molecule has 0 spiro atoms. The van der Waals surface area contributed by atoms with Crippen molar-refractivity contribution in [2.24, 2.45) is 0 Å². The van der Waals surface area contributed by atoms with Crippen molar-refractivity contribution < 1.29 is 14.3 Å². The molecule has 6 heteroatoms. The number of hydrogen-bond donors (Lipinski definition) is 0. The summed E-state index contributed by atoms with van der Waals surface area (Å²) in [6.07, 6.45) is 0. The number of nitrogens with zero attached hydrogens (tertiary/aromatic N) is 1. The molecule has 1 aliphatic rings. The summed E-state index contributed by atoms with van der Waals surface area (Å²) in [7, 11) is 1.40. The molecule has 1 aromatic heterocycles. The number of rotatable bonds is 3. The molecule has 0 radical (unpaired) electrons. The molecule has 17 heavy (non-hydrogen) atoms. The maximum Gasteiger partial charge on any atom is 0.348 e. The van der Waals surface area contributed by atoms with Crippen LogP contribution in [0, 0.1) is 0 Å². The van der Waals surface area contributed by atoms with Gasteiger partial charge in [-0.2, -0.15) is 0 Å². The van der Waals surface area contributed by atoms with Crippen molar-refractivity contribution in [1.82, 2.24) is 4.90 Å². The molecule has 1 fully saturated rings. The Bertz CT molecular complexity index is 401. The van der Waals surface area contributed by atoms with Crippen LogP contribution in [0.1, 0.15) is 14.5 Å². The molecule has 2 rings (SSSR count). The summed E-state index contributed by atoms with van der Waals surface area (Å²) in [5, 5.41) is 0. The summed E-state index contributed by atoms with van der Waals surface area (Å²) in [4.78, 5) is 15.5. The van der Waals surface area contributed by atoms with E-state index < -0.39 is 0 Å². The molecule has 1 saturated heterocycles. The first-order chi connectivity index (χ1) is 8.20. The van der Waals surface area contributed by atoms with Crippen LogP contribution < -0.4 is 0 Å². The number of carbonyl (C=O) groups excluding carboxylic acids is 1. The highest BCUT2D eigenvalue weighted by atomic mass is 79.9. The number of halogens is 1. The smallest absolute Gasteiger partial charge is 0.348 e. The Morgan fingerprint density at radius 1 is 1.59 bits per heavy atom. The molecular formula is C11H14BrNO3S. The molecule has 4 nitrogen and oxygen atoms in total. The van der Waals surface area contributed by atoms with Gasteiger partial charge >= 0.3 is 5.97 Å². The van der Waals surface area contributed by atoms with Gasteiger partial charge in [0.25, 0.3) is 0 Å². The third-order valence-corrected chi connectivity index (χ3v) is 4.68. The zero-order valence-corrected chi connectivity index (χ0v) is 12.0. The Morgan fingerprint density at radius 2 is 2.29 bits per heavy atom. The molecule has 0 aromatic carbocycles. The maximum absolute atomic E-state index is 11.4. The SMILES string of the molecule is COC(=O)c1cc(Br)c(CN2CCOCC2)s1. The Hall–Kier alpha value is -0.430. The molecule has 0 saturated carbocycles. The lowest BCUT2D eigenvalue weighted by Gasteiger charge is -2.26. The van der Waals surface area contributed by atoms with E-state index in [0.29, 0.717) is 4.88 Å². The molecule has 0 N–H and O–H groups in total. The zero-order valence-electron chi connectivity index (χ0n) is 9.57. The van der Waals surface area contributed by atoms with Gasteiger partial charge in [-0.25, -0.2) is 4.79 Å². The molecule has 0 bridgehead atoms. The van der Waals surface area contributed by atoms with E-state index in [1.165, 1.54) is 18.4 Å². The van der Waals surface area contributed by atoms with Crippen LogP contribution in [0.5, 0.6) is 0 Å². The Balaban J connectivity index is 2.04.